The molecule has 1 unspecified atom stereocenters. The molecule has 1 heterocycles. The zero-order valence-electron chi connectivity index (χ0n) is 11.3. The molecule has 0 saturated heterocycles. The largest absolute Gasteiger partial charge is 0.368 e. The average molecular weight is 238 g/mol. The molecule has 3 N–H and O–H groups in total. The first-order valence-electron chi connectivity index (χ1n) is 5.94. The number of nitrogen functional groups attached to an aromatic ring is 1. The molecule has 0 aliphatic heterocycles. The molecule has 0 aliphatic carbocycles. The smallest absolute Gasteiger partial charge is 0.162 e. The predicted molar refractivity (Wildman–Crippen MR) is 68.6 cm³/mol. The highest BCUT2D eigenvalue weighted by molar-refractivity contribution is 5.44. The summed E-state index contributed by atoms with van der Waals surface area (Å²) in [5, 5.41) is 0. The summed E-state index contributed by atoms with van der Waals surface area (Å²) in [5.41, 5.74) is 4.03. The molecule has 0 bridgehead atoms. The fourth-order valence-electron chi connectivity index (χ4n) is 1.65. The quantitative estimate of drug-likeness (QED) is 0.606. The van der Waals surface area contributed by atoms with Gasteiger partial charge in [-0.2, -0.15) is 0 Å². The number of nitrogens with one attached hydrogen (secondary N) is 1. The lowest BCUT2D eigenvalue weighted by Gasteiger charge is -2.27. The first-order chi connectivity index (χ1) is 7.98. The number of nitrogens with zero attached hydrogens (tertiary/aromatic N) is 2. The third-order valence-corrected chi connectivity index (χ3v) is 3.14. The van der Waals surface area contributed by atoms with Crippen molar-refractivity contribution in [2.75, 3.05) is 12.0 Å². The van der Waals surface area contributed by atoms with E-state index in [1.54, 1.807) is 0 Å². The Morgan fingerprint density at radius 2 is 1.94 bits per heavy atom. The van der Waals surface area contributed by atoms with E-state index in [-0.39, 0.29) is 0 Å². The van der Waals surface area contributed by atoms with Crippen molar-refractivity contribution in [3.63, 3.8) is 0 Å². The summed E-state index contributed by atoms with van der Waals surface area (Å²) >= 11 is 0. The average Bonchev–Trinajstić information content (AvgIpc) is 2.32. The minimum atomic E-state index is -0.460. The van der Waals surface area contributed by atoms with E-state index in [4.69, 9.17) is 10.6 Å². The van der Waals surface area contributed by atoms with E-state index in [1.165, 1.54) is 0 Å². The zero-order chi connectivity index (χ0) is 13.1. The van der Waals surface area contributed by atoms with Gasteiger partial charge in [0.25, 0.3) is 0 Å². The van der Waals surface area contributed by atoms with E-state index in [9.17, 15) is 0 Å². The van der Waals surface area contributed by atoms with Gasteiger partial charge in [-0.3, -0.25) is 0 Å². The number of ether oxygens (including phenoxy) is 1. The van der Waals surface area contributed by atoms with Gasteiger partial charge in [-0.25, -0.2) is 15.8 Å². The lowest BCUT2D eigenvalue weighted by molar-refractivity contribution is -0.0390. The van der Waals surface area contributed by atoms with Crippen LogP contribution < -0.4 is 11.3 Å². The monoisotopic (exact) mass is 238 g/mol. The van der Waals surface area contributed by atoms with E-state index >= 15 is 0 Å². The Hall–Kier alpha value is -1.20. The standard InChI is InChI=1S/C12H22N4O/c1-6-12(5,17-7-2)11-14-9(4)8(3)10(15-11)16-13/h6-7,13H2,1-5H3,(H,14,15,16). The molecule has 1 aromatic heterocycles. The van der Waals surface area contributed by atoms with Gasteiger partial charge in [0, 0.05) is 17.9 Å². The molecule has 17 heavy (non-hydrogen) atoms. The molecule has 0 aliphatic rings. The van der Waals surface area contributed by atoms with Crippen LogP contribution in [0, 0.1) is 13.8 Å². The molecule has 0 radical (unpaired) electrons. The SMILES string of the molecule is CCOC(C)(CC)c1nc(C)c(C)c(NN)n1. The molecule has 1 rings (SSSR count). The number of aromatic nitrogens is 2. The normalized spacial score (nSPS) is 14.5. The summed E-state index contributed by atoms with van der Waals surface area (Å²) in [4.78, 5) is 8.95. The third-order valence-electron chi connectivity index (χ3n) is 3.14. The second-order valence-corrected chi connectivity index (χ2v) is 4.27. The minimum absolute atomic E-state index is 0.460. The summed E-state index contributed by atoms with van der Waals surface area (Å²) in [6, 6.07) is 0. The van der Waals surface area contributed by atoms with Crippen LogP contribution in [0.1, 0.15) is 44.3 Å². The van der Waals surface area contributed by atoms with E-state index < -0.39 is 5.60 Å². The second kappa shape index (κ2) is 5.42. The van der Waals surface area contributed by atoms with Crippen molar-refractivity contribution in [3.8, 4) is 0 Å². The van der Waals surface area contributed by atoms with Gasteiger partial charge in [-0.1, -0.05) is 6.92 Å². The highest BCUT2D eigenvalue weighted by atomic mass is 16.5. The van der Waals surface area contributed by atoms with E-state index in [2.05, 4.69) is 22.3 Å². The minimum Gasteiger partial charge on any atom is -0.368 e. The molecule has 0 amide bonds. The summed E-state index contributed by atoms with van der Waals surface area (Å²) in [6.07, 6.45) is 0.813. The molecule has 96 valence electrons. The molecule has 1 aromatic rings. The topological polar surface area (TPSA) is 73.1 Å². The van der Waals surface area contributed by atoms with Crippen molar-refractivity contribution >= 4 is 5.82 Å². The van der Waals surface area contributed by atoms with Crippen LogP contribution in [-0.4, -0.2) is 16.6 Å². The summed E-state index contributed by atoms with van der Waals surface area (Å²) in [6.45, 7) is 10.6. The molecule has 0 aromatic carbocycles. The maximum Gasteiger partial charge on any atom is 0.162 e. The van der Waals surface area contributed by atoms with Gasteiger partial charge in [0.05, 0.1) is 0 Å². The highest BCUT2D eigenvalue weighted by Gasteiger charge is 2.29. The molecule has 0 spiro atoms. The highest BCUT2D eigenvalue weighted by Crippen LogP contribution is 2.28. The van der Waals surface area contributed by atoms with E-state index in [0.717, 1.165) is 17.7 Å². The van der Waals surface area contributed by atoms with Crippen LogP contribution in [-0.2, 0) is 10.3 Å². The van der Waals surface area contributed by atoms with Crippen molar-refractivity contribution in [2.45, 2.75) is 46.6 Å². The van der Waals surface area contributed by atoms with Crippen molar-refractivity contribution in [1.29, 1.82) is 0 Å². The Morgan fingerprint density at radius 3 is 2.41 bits per heavy atom. The van der Waals surface area contributed by atoms with Crippen LogP contribution in [0.15, 0.2) is 0 Å². The van der Waals surface area contributed by atoms with Crippen molar-refractivity contribution < 1.29 is 4.74 Å². The maximum atomic E-state index is 5.77. The van der Waals surface area contributed by atoms with Gasteiger partial charge < -0.3 is 10.2 Å². The van der Waals surface area contributed by atoms with Crippen LogP contribution in [0.4, 0.5) is 5.82 Å². The van der Waals surface area contributed by atoms with E-state index in [0.29, 0.717) is 18.2 Å². The summed E-state index contributed by atoms with van der Waals surface area (Å²) in [7, 11) is 0. The molecule has 0 fully saturated rings. The van der Waals surface area contributed by atoms with Crippen LogP contribution >= 0.6 is 0 Å². The Balaban J connectivity index is 3.25. The molecule has 5 nitrogen and oxygen atoms in total. The summed E-state index contributed by atoms with van der Waals surface area (Å²) in [5.74, 6) is 6.80. The number of hydrazine groups is 1. The molecular formula is C12H22N4O. The number of aryl methyl sites for hydroxylation is 1. The van der Waals surface area contributed by atoms with Gasteiger partial charge in [-0.05, 0) is 34.1 Å². The zero-order valence-corrected chi connectivity index (χ0v) is 11.3. The second-order valence-electron chi connectivity index (χ2n) is 4.27. The first-order valence-corrected chi connectivity index (χ1v) is 5.94. The lowest BCUT2D eigenvalue weighted by Crippen LogP contribution is -2.29. The van der Waals surface area contributed by atoms with Gasteiger partial charge in [0.2, 0.25) is 0 Å². The summed E-state index contributed by atoms with van der Waals surface area (Å²) < 4.78 is 5.77. The maximum absolute atomic E-state index is 5.77. The Labute approximate surface area is 103 Å². The van der Waals surface area contributed by atoms with Crippen molar-refractivity contribution in [3.05, 3.63) is 17.1 Å². The predicted octanol–water partition coefficient (Wildman–Crippen LogP) is 2.04. The third kappa shape index (κ3) is 2.73. The fourth-order valence-corrected chi connectivity index (χ4v) is 1.65. The number of rotatable bonds is 5. The van der Waals surface area contributed by atoms with Gasteiger partial charge in [0.15, 0.2) is 5.82 Å². The van der Waals surface area contributed by atoms with Crippen LogP contribution in [0.2, 0.25) is 0 Å². The Morgan fingerprint density at radius 1 is 1.29 bits per heavy atom. The van der Waals surface area contributed by atoms with Gasteiger partial charge in [-0.15, -0.1) is 0 Å². The Kier molecular flexibility index (Phi) is 4.42. The van der Waals surface area contributed by atoms with Gasteiger partial charge >= 0.3 is 0 Å². The van der Waals surface area contributed by atoms with Crippen LogP contribution in [0.25, 0.3) is 0 Å². The first kappa shape index (κ1) is 13.9. The lowest BCUT2D eigenvalue weighted by atomic mass is 10.0. The van der Waals surface area contributed by atoms with Crippen molar-refractivity contribution in [1.82, 2.24) is 9.97 Å². The molecular weight excluding hydrogens is 216 g/mol. The van der Waals surface area contributed by atoms with Crippen LogP contribution in [0.5, 0.6) is 0 Å². The number of hydrogen-bond acceptors (Lipinski definition) is 5. The fraction of sp³-hybridized carbons (Fsp3) is 0.667. The molecule has 1 atom stereocenters. The van der Waals surface area contributed by atoms with Crippen LogP contribution in [0.3, 0.4) is 0 Å². The Bertz CT molecular complexity index is 394. The molecule has 0 saturated carbocycles. The number of nitrogens with two attached hydrogens (primary N) is 1. The molecule has 5 heteroatoms. The van der Waals surface area contributed by atoms with E-state index in [1.807, 2.05) is 27.7 Å². The van der Waals surface area contributed by atoms with Crippen molar-refractivity contribution in [2.24, 2.45) is 5.84 Å². The number of anilines is 1. The number of hydrogen-bond donors (Lipinski definition) is 2. The van der Waals surface area contributed by atoms with Gasteiger partial charge in [0.1, 0.15) is 11.4 Å².